The van der Waals surface area contributed by atoms with Crippen molar-refractivity contribution in [2.24, 2.45) is 0 Å². The number of carbonyl (C=O) groups is 1. The first-order chi connectivity index (χ1) is 14.9. The number of rotatable bonds is 6. The zero-order chi connectivity index (χ0) is 22.0. The van der Waals surface area contributed by atoms with E-state index in [9.17, 15) is 13.2 Å². The second-order valence-corrected chi connectivity index (χ2v) is 9.88. The second-order valence-electron chi connectivity index (χ2n) is 7.55. The number of benzene rings is 2. The van der Waals surface area contributed by atoms with Crippen molar-refractivity contribution in [2.75, 3.05) is 13.6 Å². The minimum absolute atomic E-state index is 0.142. The average Bonchev–Trinajstić information content (AvgIpc) is 3.44. The fraction of sp³-hybridized carbons (Fsp3) is 0.273. The fourth-order valence-corrected chi connectivity index (χ4v) is 5.56. The maximum atomic E-state index is 13.1. The highest BCUT2D eigenvalue weighted by molar-refractivity contribution is 7.89. The SMILES string of the molecule is CN(Cc1cnn(-c2ccccc2)c1)C(=O)C1CCCN1S(=O)(=O)c1ccc(Cl)cc1. The van der Waals surface area contributed by atoms with Gasteiger partial charge in [-0.1, -0.05) is 29.8 Å². The van der Waals surface area contributed by atoms with Crippen LogP contribution < -0.4 is 0 Å². The van der Waals surface area contributed by atoms with Crippen LogP contribution in [0, 0.1) is 0 Å². The van der Waals surface area contributed by atoms with Crippen LogP contribution in [0.15, 0.2) is 71.9 Å². The molecule has 0 bridgehead atoms. The van der Waals surface area contributed by atoms with Gasteiger partial charge in [-0.15, -0.1) is 0 Å². The number of hydrogen-bond donors (Lipinski definition) is 0. The molecule has 9 heteroatoms. The van der Waals surface area contributed by atoms with E-state index in [1.165, 1.54) is 28.6 Å². The number of amides is 1. The maximum absolute atomic E-state index is 13.1. The van der Waals surface area contributed by atoms with Crippen LogP contribution >= 0.6 is 11.6 Å². The summed E-state index contributed by atoms with van der Waals surface area (Å²) in [5, 5.41) is 4.82. The molecule has 0 N–H and O–H groups in total. The van der Waals surface area contributed by atoms with Gasteiger partial charge in [0.2, 0.25) is 15.9 Å². The van der Waals surface area contributed by atoms with Gasteiger partial charge in [0.25, 0.3) is 0 Å². The van der Waals surface area contributed by atoms with Gasteiger partial charge in [-0.05, 0) is 49.2 Å². The number of likely N-dealkylation sites (N-methyl/N-ethyl adjacent to an activating group) is 1. The van der Waals surface area contributed by atoms with Crippen LogP contribution in [0.4, 0.5) is 0 Å². The van der Waals surface area contributed by atoms with Crippen LogP contribution in [-0.2, 0) is 21.4 Å². The van der Waals surface area contributed by atoms with Crippen molar-refractivity contribution in [1.82, 2.24) is 19.0 Å². The van der Waals surface area contributed by atoms with E-state index in [1.807, 2.05) is 36.5 Å². The summed E-state index contributed by atoms with van der Waals surface area (Å²) in [6, 6.07) is 15.0. The Bertz CT molecular complexity index is 1160. The van der Waals surface area contributed by atoms with Gasteiger partial charge in [0.1, 0.15) is 6.04 Å². The summed E-state index contributed by atoms with van der Waals surface area (Å²) < 4.78 is 29.3. The molecule has 4 rings (SSSR count). The van der Waals surface area contributed by atoms with Crippen LogP contribution in [0.25, 0.3) is 5.69 Å². The molecule has 1 atom stereocenters. The molecule has 1 unspecified atom stereocenters. The van der Waals surface area contributed by atoms with E-state index >= 15 is 0 Å². The molecule has 162 valence electrons. The van der Waals surface area contributed by atoms with Gasteiger partial charge in [0.15, 0.2) is 0 Å². The van der Waals surface area contributed by atoms with E-state index in [0.29, 0.717) is 31.0 Å². The lowest BCUT2D eigenvalue weighted by atomic mass is 10.2. The molecule has 1 aliphatic rings. The standard InChI is InChI=1S/C22H23ClN4O3S/c1-25(15-17-14-24-26(16-17)19-6-3-2-4-7-19)22(28)21-8-5-13-27(21)31(29,30)20-11-9-18(23)10-12-20/h2-4,6-7,9-12,14,16,21H,5,8,13,15H2,1H3. The molecule has 0 saturated carbocycles. The van der Waals surface area contributed by atoms with Gasteiger partial charge < -0.3 is 4.90 Å². The van der Waals surface area contributed by atoms with Crippen molar-refractivity contribution in [3.8, 4) is 5.69 Å². The Morgan fingerprint density at radius 2 is 1.87 bits per heavy atom. The number of halogens is 1. The molecule has 3 aromatic rings. The van der Waals surface area contributed by atoms with Crippen molar-refractivity contribution in [3.05, 3.63) is 77.6 Å². The normalized spacial score (nSPS) is 17.0. The fourth-order valence-electron chi connectivity index (χ4n) is 3.79. The highest BCUT2D eigenvalue weighted by atomic mass is 35.5. The molecule has 0 spiro atoms. The van der Waals surface area contributed by atoms with Crippen molar-refractivity contribution >= 4 is 27.5 Å². The molecule has 31 heavy (non-hydrogen) atoms. The van der Waals surface area contributed by atoms with E-state index in [-0.39, 0.29) is 10.8 Å². The van der Waals surface area contributed by atoms with E-state index < -0.39 is 16.1 Å². The van der Waals surface area contributed by atoms with Crippen LogP contribution in [0.2, 0.25) is 5.02 Å². The van der Waals surface area contributed by atoms with Gasteiger partial charge >= 0.3 is 0 Å². The lowest BCUT2D eigenvalue weighted by Crippen LogP contribution is -2.46. The molecule has 1 aliphatic heterocycles. The number of aromatic nitrogens is 2. The molecule has 1 saturated heterocycles. The van der Waals surface area contributed by atoms with Gasteiger partial charge in [-0.2, -0.15) is 9.40 Å². The minimum Gasteiger partial charge on any atom is -0.340 e. The topological polar surface area (TPSA) is 75.5 Å². The Labute approximate surface area is 186 Å². The molecule has 1 amide bonds. The Morgan fingerprint density at radius 3 is 2.58 bits per heavy atom. The minimum atomic E-state index is -3.78. The second kappa shape index (κ2) is 8.82. The van der Waals surface area contributed by atoms with E-state index in [4.69, 9.17) is 11.6 Å². The molecular formula is C22H23ClN4O3S. The Morgan fingerprint density at radius 1 is 1.16 bits per heavy atom. The Kier molecular flexibility index (Phi) is 6.13. The lowest BCUT2D eigenvalue weighted by Gasteiger charge is -2.27. The zero-order valence-electron chi connectivity index (χ0n) is 17.1. The van der Waals surface area contributed by atoms with Gasteiger partial charge in [0.05, 0.1) is 16.8 Å². The average molecular weight is 459 g/mol. The summed E-state index contributed by atoms with van der Waals surface area (Å²) in [5.74, 6) is -0.220. The summed E-state index contributed by atoms with van der Waals surface area (Å²) in [6.45, 7) is 0.665. The Balaban J connectivity index is 1.48. The van der Waals surface area contributed by atoms with Crippen molar-refractivity contribution < 1.29 is 13.2 Å². The highest BCUT2D eigenvalue weighted by Gasteiger charge is 2.40. The number of nitrogens with zero attached hydrogens (tertiary/aromatic N) is 4. The van der Waals surface area contributed by atoms with E-state index in [0.717, 1.165) is 11.3 Å². The quantitative estimate of drug-likeness (QED) is 0.567. The predicted octanol–water partition coefficient (Wildman–Crippen LogP) is 3.34. The van der Waals surface area contributed by atoms with Crippen molar-refractivity contribution in [1.29, 1.82) is 0 Å². The first kappa shape index (κ1) is 21.5. The molecule has 2 heterocycles. The number of carbonyl (C=O) groups excluding carboxylic acids is 1. The van der Waals surface area contributed by atoms with Gasteiger partial charge in [0, 0.05) is 36.9 Å². The first-order valence-electron chi connectivity index (χ1n) is 9.97. The summed E-state index contributed by atoms with van der Waals surface area (Å²) in [7, 11) is -2.09. The number of sulfonamides is 1. The van der Waals surface area contributed by atoms with Crippen LogP contribution in [-0.4, -0.2) is 52.9 Å². The molecule has 1 fully saturated rings. The third-order valence-electron chi connectivity index (χ3n) is 5.36. The summed E-state index contributed by atoms with van der Waals surface area (Å²) >= 11 is 5.88. The van der Waals surface area contributed by atoms with Crippen LogP contribution in [0.3, 0.4) is 0 Å². The van der Waals surface area contributed by atoms with Crippen LogP contribution in [0.5, 0.6) is 0 Å². The third kappa shape index (κ3) is 4.51. The van der Waals surface area contributed by atoms with Crippen molar-refractivity contribution in [2.45, 2.75) is 30.3 Å². The molecule has 0 radical (unpaired) electrons. The monoisotopic (exact) mass is 458 g/mol. The summed E-state index contributed by atoms with van der Waals surface area (Å²) in [6.07, 6.45) is 4.73. The zero-order valence-corrected chi connectivity index (χ0v) is 18.6. The largest absolute Gasteiger partial charge is 0.340 e. The maximum Gasteiger partial charge on any atom is 0.243 e. The smallest absolute Gasteiger partial charge is 0.243 e. The molecule has 2 aromatic carbocycles. The number of para-hydroxylation sites is 1. The third-order valence-corrected chi connectivity index (χ3v) is 7.54. The molecular weight excluding hydrogens is 436 g/mol. The Hall–Kier alpha value is -2.68. The molecule has 1 aromatic heterocycles. The lowest BCUT2D eigenvalue weighted by molar-refractivity contribution is -0.133. The van der Waals surface area contributed by atoms with E-state index in [1.54, 1.807) is 22.8 Å². The summed E-state index contributed by atoms with van der Waals surface area (Å²) in [4.78, 5) is 14.8. The van der Waals surface area contributed by atoms with Crippen LogP contribution in [0.1, 0.15) is 18.4 Å². The molecule has 7 nitrogen and oxygen atoms in total. The van der Waals surface area contributed by atoms with Crippen molar-refractivity contribution in [3.63, 3.8) is 0 Å². The summed E-state index contributed by atoms with van der Waals surface area (Å²) in [5.41, 5.74) is 1.79. The highest BCUT2D eigenvalue weighted by Crippen LogP contribution is 2.28. The van der Waals surface area contributed by atoms with Gasteiger partial charge in [-0.3, -0.25) is 4.79 Å². The predicted molar refractivity (Wildman–Crippen MR) is 118 cm³/mol. The first-order valence-corrected chi connectivity index (χ1v) is 11.8. The number of hydrogen-bond acceptors (Lipinski definition) is 4. The van der Waals surface area contributed by atoms with E-state index in [2.05, 4.69) is 5.10 Å². The molecule has 0 aliphatic carbocycles. The van der Waals surface area contributed by atoms with Gasteiger partial charge in [-0.25, -0.2) is 13.1 Å².